The maximum Gasteiger partial charge on any atom is 0.239 e. The molecule has 0 bridgehead atoms. The summed E-state index contributed by atoms with van der Waals surface area (Å²) in [5, 5.41) is 0. The molecule has 2 fully saturated rings. The van der Waals surface area contributed by atoms with Gasteiger partial charge in [0.15, 0.2) is 0 Å². The van der Waals surface area contributed by atoms with E-state index in [1.54, 1.807) is 0 Å². The summed E-state index contributed by atoms with van der Waals surface area (Å²) < 4.78 is 0. The molecule has 2 unspecified atom stereocenters. The molecular weight excluding hydrogens is 224 g/mol. The van der Waals surface area contributed by atoms with Gasteiger partial charge in [-0.2, -0.15) is 0 Å². The van der Waals surface area contributed by atoms with Crippen molar-refractivity contribution in [2.24, 2.45) is 23.5 Å². The molecule has 2 aliphatic rings. The predicted octanol–water partition coefficient (Wildman–Crippen LogP) is 2.40. The molecular formula is C15H28N2O. The summed E-state index contributed by atoms with van der Waals surface area (Å²) in [6.07, 6.45) is 7.44. The Bertz CT molecular complexity index is 290. The van der Waals surface area contributed by atoms with Crippen LogP contribution in [-0.2, 0) is 4.79 Å². The Hall–Kier alpha value is -0.570. The van der Waals surface area contributed by atoms with E-state index in [4.69, 9.17) is 5.73 Å². The Balaban J connectivity index is 1.88. The maximum absolute atomic E-state index is 12.3. The molecule has 2 rings (SSSR count). The zero-order valence-corrected chi connectivity index (χ0v) is 11.9. The third-order valence-electron chi connectivity index (χ3n) is 4.65. The summed E-state index contributed by atoms with van der Waals surface area (Å²) >= 11 is 0. The van der Waals surface area contributed by atoms with Crippen molar-refractivity contribution < 1.29 is 4.79 Å². The molecule has 0 spiro atoms. The second-order valence-electron chi connectivity index (χ2n) is 6.61. The van der Waals surface area contributed by atoms with Crippen LogP contribution in [0.3, 0.4) is 0 Å². The number of piperidine rings is 1. The molecule has 0 aromatic carbocycles. The Kier molecular flexibility index (Phi) is 4.66. The van der Waals surface area contributed by atoms with E-state index in [-0.39, 0.29) is 11.9 Å². The second kappa shape index (κ2) is 6.05. The van der Waals surface area contributed by atoms with Crippen LogP contribution in [0.1, 0.15) is 52.4 Å². The van der Waals surface area contributed by atoms with E-state index >= 15 is 0 Å². The number of hydrogen-bond acceptors (Lipinski definition) is 2. The van der Waals surface area contributed by atoms with Gasteiger partial charge in [-0.3, -0.25) is 4.79 Å². The maximum atomic E-state index is 12.3. The summed E-state index contributed by atoms with van der Waals surface area (Å²) in [7, 11) is 0. The van der Waals surface area contributed by atoms with E-state index in [1.165, 1.54) is 32.1 Å². The number of likely N-dealkylation sites (tertiary alicyclic amines) is 1. The van der Waals surface area contributed by atoms with Crippen LogP contribution in [0.5, 0.6) is 0 Å². The van der Waals surface area contributed by atoms with Gasteiger partial charge in [0.25, 0.3) is 0 Å². The highest BCUT2D eigenvalue weighted by Crippen LogP contribution is 2.36. The van der Waals surface area contributed by atoms with Crippen molar-refractivity contribution in [1.29, 1.82) is 0 Å². The average Bonchev–Trinajstić information content (AvgIpc) is 2.36. The Morgan fingerprint density at radius 3 is 2.56 bits per heavy atom. The Morgan fingerprint density at radius 2 is 1.89 bits per heavy atom. The molecule has 1 saturated carbocycles. The zero-order valence-electron chi connectivity index (χ0n) is 11.9. The third kappa shape index (κ3) is 3.25. The SMILES string of the molecule is CC(C)C[C@H](N)C(=O)N1CCC2CCCCC2C1. The molecule has 0 aromatic rings. The molecule has 1 aliphatic carbocycles. The van der Waals surface area contributed by atoms with Crippen molar-refractivity contribution in [3.05, 3.63) is 0 Å². The van der Waals surface area contributed by atoms with E-state index in [0.717, 1.165) is 31.3 Å². The first-order chi connectivity index (χ1) is 8.58. The van der Waals surface area contributed by atoms with Crippen molar-refractivity contribution in [3.63, 3.8) is 0 Å². The molecule has 1 aliphatic heterocycles. The minimum absolute atomic E-state index is 0.188. The molecule has 18 heavy (non-hydrogen) atoms. The van der Waals surface area contributed by atoms with E-state index in [0.29, 0.717) is 5.92 Å². The second-order valence-corrected chi connectivity index (χ2v) is 6.61. The molecule has 2 N–H and O–H groups in total. The molecule has 0 radical (unpaired) electrons. The summed E-state index contributed by atoms with van der Waals surface area (Å²) in [5.41, 5.74) is 6.03. The van der Waals surface area contributed by atoms with Gasteiger partial charge in [0.1, 0.15) is 0 Å². The van der Waals surface area contributed by atoms with Crippen molar-refractivity contribution in [2.45, 2.75) is 58.4 Å². The standard InChI is InChI=1S/C15H28N2O/c1-11(2)9-14(16)15(18)17-8-7-12-5-3-4-6-13(12)10-17/h11-14H,3-10,16H2,1-2H3/t12?,13?,14-/m0/s1. The number of carbonyl (C=O) groups excluding carboxylic acids is 1. The number of nitrogens with zero attached hydrogens (tertiary/aromatic N) is 1. The van der Waals surface area contributed by atoms with Gasteiger partial charge in [0, 0.05) is 13.1 Å². The first kappa shape index (κ1) is 13.9. The van der Waals surface area contributed by atoms with Gasteiger partial charge in [-0.25, -0.2) is 0 Å². The number of nitrogens with two attached hydrogens (primary N) is 1. The number of amides is 1. The molecule has 3 atom stereocenters. The lowest BCUT2D eigenvalue weighted by Gasteiger charge is -2.42. The largest absolute Gasteiger partial charge is 0.341 e. The Morgan fingerprint density at radius 1 is 1.22 bits per heavy atom. The molecule has 3 heteroatoms. The average molecular weight is 252 g/mol. The van der Waals surface area contributed by atoms with Gasteiger partial charge in [0.2, 0.25) is 5.91 Å². The highest BCUT2D eigenvalue weighted by Gasteiger charge is 2.34. The van der Waals surface area contributed by atoms with Gasteiger partial charge in [0.05, 0.1) is 6.04 Å². The van der Waals surface area contributed by atoms with Crippen molar-refractivity contribution >= 4 is 5.91 Å². The van der Waals surface area contributed by atoms with Gasteiger partial charge < -0.3 is 10.6 Å². The predicted molar refractivity (Wildman–Crippen MR) is 74.1 cm³/mol. The van der Waals surface area contributed by atoms with Crippen molar-refractivity contribution in [1.82, 2.24) is 4.90 Å². The van der Waals surface area contributed by atoms with Crippen LogP contribution in [0.4, 0.5) is 0 Å². The summed E-state index contributed by atoms with van der Waals surface area (Å²) in [4.78, 5) is 14.4. The van der Waals surface area contributed by atoms with E-state index in [1.807, 2.05) is 4.90 Å². The van der Waals surface area contributed by atoms with E-state index < -0.39 is 0 Å². The summed E-state index contributed by atoms with van der Waals surface area (Å²) in [5.74, 6) is 2.32. The molecule has 1 saturated heterocycles. The van der Waals surface area contributed by atoms with Crippen molar-refractivity contribution in [3.8, 4) is 0 Å². The fourth-order valence-corrected chi connectivity index (χ4v) is 3.64. The molecule has 0 aromatic heterocycles. The van der Waals surface area contributed by atoms with Gasteiger partial charge in [-0.15, -0.1) is 0 Å². The molecule has 1 heterocycles. The topological polar surface area (TPSA) is 46.3 Å². The molecule has 3 nitrogen and oxygen atoms in total. The van der Waals surface area contributed by atoms with E-state index in [9.17, 15) is 4.79 Å². The highest BCUT2D eigenvalue weighted by atomic mass is 16.2. The van der Waals surface area contributed by atoms with Crippen LogP contribution in [0, 0.1) is 17.8 Å². The lowest BCUT2D eigenvalue weighted by molar-refractivity contribution is -0.136. The van der Waals surface area contributed by atoms with E-state index in [2.05, 4.69) is 13.8 Å². The van der Waals surface area contributed by atoms with Crippen molar-refractivity contribution in [2.75, 3.05) is 13.1 Å². The van der Waals surface area contributed by atoms with Crippen LogP contribution in [0.2, 0.25) is 0 Å². The normalized spacial score (nSPS) is 30.1. The quantitative estimate of drug-likeness (QED) is 0.838. The Labute approximate surface area is 111 Å². The van der Waals surface area contributed by atoms with Gasteiger partial charge >= 0.3 is 0 Å². The van der Waals surface area contributed by atoms with Crippen LogP contribution < -0.4 is 5.73 Å². The number of carbonyl (C=O) groups is 1. The van der Waals surface area contributed by atoms with Crippen LogP contribution in [0.15, 0.2) is 0 Å². The van der Waals surface area contributed by atoms with Crippen LogP contribution >= 0.6 is 0 Å². The minimum Gasteiger partial charge on any atom is -0.341 e. The summed E-state index contributed by atoms with van der Waals surface area (Å²) in [6, 6.07) is -0.287. The number of rotatable bonds is 3. The fourth-order valence-electron chi connectivity index (χ4n) is 3.64. The highest BCUT2D eigenvalue weighted by molar-refractivity contribution is 5.81. The lowest BCUT2D eigenvalue weighted by Crippen LogP contribution is -2.50. The van der Waals surface area contributed by atoms with Gasteiger partial charge in [-0.05, 0) is 37.0 Å². The molecule has 1 amide bonds. The third-order valence-corrected chi connectivity index (χ3v) is 4.65. The smallest absolute Gasteiger partial charge is 0.239 e. The lowest BCUT2D eigenvalue weighted by atomic mass is 9.75. The van der Waals surface area contributed by atoms with Crippen LogP contribution in [-0.4, -0.2) is 29.9 Å². The number of hydrogen-bond donors (Lipinski definition) is 1. The minimum atomic E-state index is -0.287. The molecule has 104 valence electrons. The zero-order chi connectivity index (χ0) is 13.1. The fraction of sp³-hybridized carbons (Fsp3) is 0.933. The number of fused-ring (bicyclic) bond motifs is 1. The first-order valence-electron chi connectivity index (χ1n) is 7.62. The van der Waals surface area contributed by atoms with Crippen LogP contribution in [0.25, 0.3) is 0 Å². The summed E-state index contributed by atoms with van der Waals surface area (Å²) in [6.45, 7) is 6.15. The van der Waals surface area contributed by atoms with Gasteiger partial charge in [-0.1, -0.05) is 33.1 Å². The first-order valence-corrected chi connectivity index (χ1v) is 7.62. The monoisotopic (exact) mass is 252 g/mol.